The fourth-order valence-corrected chi connectivity index (χ4v) is 2.99. The Labute approximate surface area is 200 Å². The van der Waals surface area contributed by atoms with E-state index >= 15 is 0 Å². The Morgan fingerprint density at radius 2 is 1.72 bits per heavy atom. The number of thioether (sulfide) groups is 1. The third-order valence-corrected chi connectivity index (χ3v) is 4.44. The fourth-order valence-electron chi connectivity index (χ4n) is 2.30. The molecule has 1 saturated heterocycles. The first-order valence-electron chi connectivity index (χ1n) is 10.6. The average molecular weight is 473 g/mol. The summed E-state index contributed by atoms with van der Waals surface area (Å²) in [6.07, 6.45) is 5.46. The monoisotopic (exact) mass is 472 g/mol. The number of hydrogen-bond donors (Lipinski definition) is 5. The van der Waals surface area contributed by atoms with E-state index in [0.29, 0.717) is 13.0 Å². The van der Waals surface area contributed by atoms with Crippen LogP contribution in [-0.4, -0.2) is 51.3 Å². The summed E-state index contributed by atoms with van der Waals surface area (Å²) >= 11 is 1.64. The molecule has 1 unspecified atom stereocenters. The van der Waals surface area contributed by atoms with Gasteiger partial charge in [0.2, 0.25) is 6.41 Å². The number of benzene rings is 1. The predicted molar refractivity (Wildman–Crippen MR) is 142 cm³/mol. The van der Waals surface area contributed by atoms with Crippen LogP contribution in [0.25, 0.3) is 4.91 Å². The summed E-state index contributed by atoms with van der Waals surface area (Å²) in [5, 5.41) is 12.9. The van der Waals surface area contributed by atoms with Gasteiger partial charge in [0, 0.05) is 30.3 Å². The molecule has 2 rings (SSSR count). The van der Waals surface area contributed by atoms with Crippen LogP contribution in [0.4, 0.5) is 0 Å². The normalized spacial score (nSPS) is 14.0. The zero-order chi connectivity index (χ0) is 25.9. The summed E-state index contributed by atoms with van der Waals surface area (Å²) in [5.41, 5.74) is 13.3. The van der Waals surface area contributed by atoms with Gasteiger partial charge in [-0.15, -0.1) is 11.8 Å². The number of aliphatic hydroxyl groups excluding tert-OH is 1. The molecule has 0 aromatic heterocycles. The van der Waals surface area contributed by atoms with Crippen molar-refractivity contribution >= 4 is 29.9 Å². The molecular weight excluding hydrogens is 424 g/mol. The van der Waals surface area contributed by atoms with E-state index in [1.165, 1.54) is 26.4 Å². The molecule has 0 spiro atoms. The molecule has 1 fully saturated rings. The number of amides is 1. The van der Waals surface area contributed by atoms with Gasteiger partial charge in [0.15, 0.2) is 0 Å². The van der Waals surface area contributed by atoms with Crippen molar-refractivity contribution < 1.29 is 14.7 Å². The van der Waals surface area contributed by atoms with Gasteiger partial charge in [-0.2, -0.15) is 0 Å². The maximum atomic E-state index is 10.2. The van der Waals surface area contributed by atoms with Crippen molar-refractivity contribution in [2.45, 2.75) is 60.0 Å². The molecular formula is C24H48N4O3S. The number of allylic oxidation sites excluding steroid dienone is 1. The molecule has 188 valence electrons. The van der Waals surface area contributed by atoms with Crippen LogP contribution in [0, 0.1) is 5.92 Å². The maximum absolute atomic E-state index is 10.2. The molecule has 7 nitrogen and oxygen atoms in total. The largest absolute Gasteiger partial charge is 0.401 e. The van der Waals surface area contributed by atoms with Crippen molar-refractivity contribution in [3.8, 4) is 0 Å². The molecule has 8 heteroatoms. The van der Waals surface area contributed by atoms with E-state index in [-0.39, 0.29) is 0 Å². The van der Waals surface area contributed by atoms with Crippen molar-refractivity contribution in [1.82, 2.24) is 10.6 Å². The minimum atomic E-state index is 0.559. The summed E-state index contributed by atoms with van der Waals surface area (Å²) in [4.78, 5) is 19.2. The predicted octanol–water partition coefficient (Wildman–Crippen LogP) is 3.36. The summed E-state index contributed by atoms with van der Waals surface area (Å²) in [6.45, 7) is 14.4. The van der Waals surface area contributed by atoms with Crippen LogP contribution in [0.5, 0.6) is 0 Å². The molecule has 7 N–H and O–H groups in total. The molecule has 1 amide bonds. The van der Waals surface area contributed by atoms with E-state index in [0.717, 1.165) is 40.8 Å². The molecule has 1 heterocycles. The van der Waals surface area contributed by atoms with Crippen LogP contribution >= 0.6 is 11.8 Å². The van der Waals surface area contributed by atoms with Crippen molar-refractivity contribution in [2.24, 2.45) is 17.4 Å². The molecule has 0 radical (unpaired) electrons. The van der Waals surface area contributed by atoms with E-state index in [4.69, 9.17) is 15.6 Å². The van der Waals surface area contributed by atoms with Crippen molar-refractivity contribution in [3.63, 3.8) is 0 Å². The van der Waals surface area contributed by atoms with Gasteiger partial charge in [0.25, 0.3) is 0 Å². The minimum absolute atomic E-state index is 0.559. The molecule has 1 aliphatic heterocycles. The second kappa shape index (κ2) is 29.1. The number of carbonyl (C=O) groups is 2. The van der Waals surface area contributed by atoms with Gasteiger partial charge in [-0.25, -0.2) is 0 Å². The Kier molecular flexibility index (Phi) is 34.1. The number of rotatable bonds is 5. The van der Waals surface area contributed by atoms with Crippen molar-refractivity contribution in [3.05, 3.63) is 41.1 Å². The summed E-state index contributed by atoms with van der Waals surface area (Å²) in [7, 11) is 2.50. The van der Waals surface area contributed by atoms with E-state index in [9.17, 15) is 4.79 Å². The minimum Gasteiger partial charge on any atom is -0.401 e. The van der Waals surface area contributed by atoms with Gasteiger partial charge in [0.05, 0.1) is 0 Å². The van der Waals surface area contributed by atoms with E-state index in [2.05, 4.69) is 44.1 Å². The third-order valence-electron chi connectivity index (χ3n) is 3.47. The average Bonchev–Trinajstić information content (AvgIpc) is 3.28. The Balaban J connectivity index is -0.000000201. The molecule has 1 aromatic rings. The SMILES string of the molecule is C=O.CC(C)C.CC1CCCN1.CN.CO.CS/C(=C(/C)N)c1ccc(CNC=O)cc1. The first kappa shape index (κ1) is 37.4. The van der Waals surface area contributed by atoms with Crippen molar-refractivity contribution in [2.75, 3.05) is 27.0 Å². The van der Waals surface area contributed by atoms with Gasteiger partial charge < -0.3 is 32.0 Å². The molecule has 1 atom stereocenters. The summed E-state index contributed by atoms with van der Waals surface area (Å²) in [5.74, 6) is 0.833. The zero-order valence-electron chi connectivity index (χ0n) is 21.4. The van der Waals surface area contributed by atoms with Gasteiger partial charge in [0.1, 0.15) is 6.79 Å². The number of carbonyl (C=O) groups excluding carboxylic acids is 2. The van der Waals surface area contributed by atoms with E-state index in [1.807, 2.05) is 44.2 Å². The molecule has 1 aromatic carbocycles. The summed E-state index contributed by atoms with van der Waals surface area (Å²) < 4.78 is 0. The van der Waals surface area contributed by atoms with Gasteiger partial charge in [-0.3, -0.25) is 4.79 Å². The van der Waals surface area contributed by atoms with Crippen LogP contribution < -0.4 is 22.1 Å². The summed E-state index contributed by atoms with van der Waals surface area (Å²) in [6, 6.07) is 8.81. The standard InChI is InChI=1S/C12H16N2OS.C5H11N.C4H10.CH5N.CH4O.CH2O/c1-9(13)12(16-2)11-5-3-10(4-6-11)7-14-8-15;1-5-3-2-4-6-5;1-4(2)3;3*1-2/h3-6,8H,7,13H2,1-2H3,(H,14,15);5-6H,2-4H2,1H3;4H,1-3H3;2H2,1H3;2H,1H3;1H2/b12-9-;;;;;. The van der Waals surface area contributed by atoms with Crippen LogP contribution in [-0.2, 0) is 16.1 Å². The Hall–Kier alpha value is -1.87. The highest BCUT2D eigenvalue weighted by Crippen LogP contribution is 2.26. The van der Waals surface area contributed by atoms with Crippen LogP contribution in [0.2, 0.25) is 0 Å². The number of aliphatic hydroxyl groups is 1. The lowest BCUT2D eigenvalue weighted by Crippen LogP contribution is -2.16. The Bertz CT molecular complexity index is 540. The zero-order valence-corrected chi connectivity index (χ0v) is 22.2. The van der Waals surface area contributed by atoms with Crippen LogP contribution in [0.3, 0.4) is 0 Å². The van der Waals surface area contributed by atoms with Crippen LogP contribution in [0.1, 0.15) is 58.6 Å². The quantitative estimate of drug-likeness (QED) is 0.415. The smallest absolute Gasteiger partial charge is 0.207 e. The first-order chi connectivity index (χ1) is 15.3. The molecule has 1 aliphatic rings. The highest BCUT2D eigenvalue weighted by molar-refractivity contribution is 8.07. The second-order valence-corrected chi connectivity index (χ2v) is 7.96. The lowest BCUT2D eigenvalue weighted by atomic mass is 10.1. The second-order valence-electron chi connectivity index (χ2n) is 7.14. The third kappa shape index (κ3) is 24.4. The molecule has 0 aliphatic carbocycles. The van der Waals surface area contributed by atoms with E-state index < -0.39 is 0 Å². The molecule has 0 saturated carbocycles. The Morgan fingerprint density at radius 3 is 1.97 bits per heavy atom. The molecule has 0 bridgehead atoms. The highest BCUT2D eigenvalue weighted by atomic mass is 32.2. The molecule has 32 heavy (non-hydrogen) atoms. The number of hydrogen-bond acceptors (Lipinski definition) is 7. The number of nitrogens with two attached hydrogens (primary N) is 2. The highest BCUT2D eigenvalue weighted by Gasteiger charge is 2.05. The first-order valence-corrected chi connectivity index (χ1v) is 11.9. The lowest BCUT2D eigenvalue weighted by molar-refractivity contribution is -0.109. The van der Waals surface area contributed by atoms with Crippen LogP contribution in [0.15, 0.2) is 30.0 Å². The Morgan fingerprint density at radius 1 is 1.25 bits per heavy atom. The number of nitrogens with one attached hydrogen (secondary N) is 2. The fraction of sp³-hybridized carbons (Fsp3) is 0.583. The van der Waals surface area contributed by atoms with Gasteiger partial charge in [-0.1, -0.05) is 45.0 Å². The van der Waals surface area contributed by atoms with Gasteiger partial charge in [-0.05, 0) is 63.6 Å². The van der Waals surface area contributed by atoms with E-state index in [1.54, 1.807) is 11.8 Å². The maximum Gasteiger partial charge on any atom is 0.207 e. The lowest BCUT2D eigenvalue weighted by Gasteiger charge is -2.08. The van der Waals surface area contributed by atoms with Gasteiger partial charge >= 0.3 is 0 Å². The topological polar surface area (TPSA) is 130 Å². The van der Waals surface area contributed by atoms with Crippen molar-refractivity contribution in [1.29, 1.82) is 0 Å².